The summed E-state index contributed by atoms with van der Waals surface area (Å²) in [5, 5.41) is 18.3. The van der Waals surface area contributed by atoms with Crippen LogP contribution in [0.25, 0.3) is 5.70 Å². The Kier molecular flexibility index (Phi) is 7.67. The number of benzene rings is 1. The number of aliphatic hydroxyl groups is 1. The molecule has 0 atom stereocenters. The fourth-order valence-electron chi connectivity index (χ4n) is 2.85. The van der Waals surface area contributed by atoms with Crippen molar-refractivity contribution in [1.29, 1.82) is 5.26 Å². The maximum absolute atomic E-state index is 11.4. The zero-order valence-electron chi connectivity index (χ0n) is 15.3. The summed E-state index contributed by atoms with van der Waals surface area (Å²) in [5.74, 6) is 0. The number of methoxy groups -OCH3 is 1. The number of aliphatic imine (C=N–C) groups is 2. The van der Waals surface area contributed by atoms with Gasteiger partial charge in [0.05, 0.1) is 44.3 Å². The van der Waals surface area contributed by atoms with E-state index < -0.39 is 0 Å². The molecular weight excluding hydrogens is 346 g/mol. The van der Waals surface area contributed by atoms with Crippen LogP contribution in [0.15, 0.2) is 39.8 Å². The second kappa shape index (κ2) is 10.2. The second-order valence-corrected chi connectivity index (χ2v) is 5.84. The zero-order chi connectivity index (χ0) is 19.6. The monoisotopic (exact) mass is 369 g/mol. The molecule has 1 aliphatic heterocycles. The van der Waals surface area contributed by atoms with Crippen LogP contribution in [0.1, 0.15) is 5.56 Å². The minimum Gasteiger partial charge on any atom is -0.394 e. The molecule has 1 aromatic carbocycles. The molecule has 0 radical (unpaired) electrons. The van der Waals surface area contributed by atoms with Crippen LogP contribution in [0.4, 0.5) is 5.69 Å². The number of likely N-dealkylation sites (tertiary alicyclic amines) is 1. The van der Waals surface area contributed by atoms with Gasteiger partial charge in [0.1, 0.15) is 0 Å². The Morgan fingerprint density at radius 3 is 2.96 bits per heavy atom. The summed E-state index contributed by atoms with van der Waals surface area (Å²) in [6, 6.07) is 7.38. The fraction of sp³-hybridized carbons (Fsp3) is 0.368. The lowest BCUT2D eigenvalue weighted by atomic mass is 10.0. The molecule has 27 heavy (non-hydrogen) atoms. The van der Waals surface area contributed by atoms with E-state index in [1.807, 2.05) is 24.3 Å². The molecule has 1 saturated heterocycles. The minimum absolute atomic E-state index is 0.0660. The lowest BCUT2D eigenvalue weighted by Gasteiger charge is -2.18. The van der Waals surface area contributed by atoms with Crippen molar-refractivity contribution in [2.45, 2.75) is 0 Å². The largest absolute Gasteiger partial charge is 0.394 e. The number of carbonyl (C=O) groups excluding carboxylic acids is 1. The van der Waals surface area contributed by atoms with Gasteiger partial charge in [-0.05, 0) is 18.9 Å². The van der Waals surface area contributed by atoms with E-state index in [9.17, 15) is 10.1 Å². The first kappa shape index (κ1) is 20.3. The predicted octanol–water partition coefficient (Wildman–Crippen LogP) is 0.937. The molecule has 1 N–H and O–H groups in total. The Hall–Kier alpha value is -3.02. The molecule has 8 heteroatoms. The van der Waals surface area contributed by atoms with Crippen LogP contribution in [0.5, 0.6) is 0 Å². The highest BCUT2D eigenvalue weighted by molar-refractivity contribution is 6.10. The zero-order valence-corrected chi connectivity index (χ0v) is 15.3. The molecule has 1 aromatic rings. The van der Waals surface area contributed by atoms with Crippen molar-refractivity contribution in [3.05, 3.63) is 35.4 Å². The molecule has 0 saturated carbocycles. The summed E-state index contributed by atoms with van der Waals surface area (Å²) >= 11 is 0. The molecule has 0 aromatic heterocycles. The van der Waals surface area contributed by atoms with Crippen LogP contribution >= 0.6 is 0 Å². The topological polar surface area (TPSA) is 102 Å². The maximum Gasteiger partial charge on any atom is 0.214 e. The van der Waals surface area contributed by atoms with Crippen LogP contribution in [0.2, 0.25) is 0 Å². The highest BCUT2D eigenvalue weighted by Crippen LogP contribution is 2.28. The van der Waals surface area contributed by atoms with E-state index in [1.165, 1.54) is 0 Å². The van der Waals surface area contributed by atoms with Crippen LogP contribution in [0, 0.1) is 11.5 Å². The SMILES string of the molecule is C=N/C(=C1/CN(C#N)CC1=NCCO)c1cccc(N(C=O)CCOC)c1. The normalized spacial score (nSPS) is 16.9. The van der Waals surface area contributed by atoms with Crippen molar-refractivity contribution in [1.82, 2.24) is 4.90 Å². The standard InChI is InChI=1S/C19H23N5O3/c1-21-19(17-11-23(13-20)12-18(17)22-6-8-25)15-4-3-5-16(10-15)24(14-26)7-9-27-2/h3-5,10,14,25H,1,6-9,11-12H2,2H3/b19-17-,22-18?. The fourth-order valence-corrected chi connectivity index (χ4v) is 2.85. The number of nitriles is 1. The average molecular weight is 369 g/mol. The Bertz CT molecular complexity index is 782. The molecule has 8 nitrogen and oxygen atoms in total. The molecule has 0 unspecified atom stereocenters. The Labute approximate surface area is 158 Å². The Morgan fingerprint density at radius 1 is 1.52 bits per heavy atom. The molecule has 2 rings (SSSR count). The van der Waals surface area contributed by atoms with Gasteiger partial charge in [-0.25, -0.2) is 0 Å². The molecule has 1 fully saturated rings. The number of amides is 1. The number of ether oxygens (including phenoxy) is 1. The molecule has 0 bridgehead atoms. The Morgan fingerprint density at radius 2 is 2.33 bits per heavy atom. The number of anilines is 1. The number of nitrogens with zero attached hydrogens (tertiary/aromatic N) is 5. The second-order valence-electron chi connectivity index (χ2n) is 5.84. The summed E-state index contributed by atoms with van der Waals surface area (Å²) < 4.78 is 5.04. The van der Waals surface area contributed by atoms with Gasteiger partial charge in [-0.15, -0.1) is 0 Å². The average Bonchev–Trinajstić information content (AvgIpc) is 3.11. The van der Waals surface area contributed by atoms with Gasteiger partial charge in [-0.2, -0.15) is 5.26 Å². The Balaban J connectivity index is 2.45. The third kappa shape index (κ3) is 5.00. The summed E-state index contributed by atoms with van der Waals surface area (Å²) in [6.07, 6.45) is 2.88. The van der Waals surface area contributed by atoms with Crippen LogP contribution in [-0.4, -0.2) is 75.3 Å². The van der Waals surface area contributed by atoms with Crippen molar-refractivity contribution in [3.8, 4) is 6.19 Å². The van der Waals surface area contributed by atoms with Gasteiger partial charge in [-0.1, -0.05) is 12.1 Å². The molecule has 142 valence electrons. The maximum atomic E-state index is 11.4. The quantitative estimate of drug-likeness (QED) is 0.396. The van der Waals surface area contributed by atoms with Crippen LogP contribution in [0.3, 0.4) is 0 Å². The molecule has 0 aliphatic carbocycles. The summed E-state index contributed by atoms with van der Waals surface area (Å²) in [5.41, 5.74) is 3.61. The van der Waals surface area contributed by atoms with E-state index in [4.69, 9.17) is 9.84 Å². The van der Waals surface area contributed by atoms with E-state index in [1.54, 1.807) is 16.9 Å². The van der Waals surface area contributed by atoms with Gasteiger partial charge in [0.15, 0.2) is 6.19 Å². The van der Waals surface area contributed by atoms with Gasteiger partial charge in [0.25, 0.3) is 0 Å². The van der Waals surface area contributed by atoms with Gasteiger partial charge in [0.2, 0.25) is 6.41 Å². The lowest BCUT2D eigenvalue weighted by molar-refractivity contribution is -0.107. The van der Waals surface area contributed by atoms with E-state index in [-0.39, 0.29) is 13.2 Å². The van der Waals surface area contributed by atoms with Crippen LogP contribution in [-0.2, 0) is 9.53 Å². The number of hydrogen-bond acceptors (Lipinski definition) is 7. The first-order valence-electron chi connectivity index (χ1n) is 8.48. The number of carbonyl (C=O) groups is 1. The van der Waals surface area contributed by atoms with Gasteiger partial charge in [0, 0.05) is 30.5 Å². The highest BCUT2D eigenvalue weighted by Gasteiger charge is 2.26. The highest BCUT2D eigenvalue weighted by atomic mass is 16.5. The number of aliphatic hydroxyl groups excluding tert-OH is 1. The third-order valence-corrected chi connectivity index (χ3v) is 4.14. The van der Waals surface area contributed by atoms with Crippen LogP contribution < -0.4 is 4.90 Å². The number of hydrogen-bond donors (Lipinski definition) is 1. The third-order valence-electron chi connectivity index (χ3n) is 4.14. The summed E-state index contributed by atoms with van der Waals surface area (Å²) in [4.78, 5) is 23.1. The van der Waals surface area contributed by atoms with E-state index in [0.717, 1.165) is 17.5 Å². The van der Waals surface area contributed by atoms with E-state index >= 15 is 0 Å². The lowest BCUT2D eigenvalue weighted by Crippen LogP contribution is -2.25. The molecule has 1 aliphatic rings. The van der Waals surface area contributed by atoms with Crippen molar-refractivity contribution in [3.63, 3.8) is 0 Å². The van der Waals surface area contributed by atoms with Crippen molar-refractivity contribution < 1.29 is 14.6 Å². The molecule has 1 heterocycles. The van der Waals surface area contributed by atoms with Gasteiger partial charge in [-0.3, -0.25) is 14.8 Å². The molecule has 0 spiro atoms. The van der Waals surface area contributed by atoms with Gasteiger partial charge < -0.3 is 19.6 Å². The van der Waals surface area contributed by atoms with E-state index in [0.29, 0.717) is 43.3 Å². The van der Waals surface area contributed by atoms with E-state index in [2.05, 4.69) is 22.9 Å². The first-order valence-corrected chi connectivity index (χ1v) is 8.48. The summed E-state index contributed by atoms with van der Waals surface area (Å²) in [6.45, 7) is 5.48. The van der Waals surface area contributed by atoms with Crippen molar-refractivity contribution in [2.24, 2.45) is 9.98 Å². The molecular formula is C19H23N5O3. The first-order chi connectivity index (χ1) is 13.2. The van der Waals surface area contributed by atoms with Gasteiger partial charge >= 0.3 is 0 Å². The van der Waals surface area contributed by atoms with Crippen molar-refractivity contribution in [2.75, 3.05) is 51.4 Å². The summed E-state index contributed by atoms with van der Waals surface area (Å²) in [7, 11) is 1.58. The minimum atomic E-state index is -0.0660. The van der Waals surface area contributed by atoms with Crippen molar-refractivity contribution >= 4 is 30.2 Å². The predicted molar refractivity (Wildman–Crippen MR) is 105 cm³/mol. The number of rotatable bonds is 9. The smallest absolute Gasteiger partial charge is 0.214 e. The molecule has 1 amide bonds.